The van der Waals surface area contributed by atoms with Gasteiger partial charge in [-0.05, 0) is 30.3 Å². The molecule has 0 bridgehead atoms. The molecule has 2 aromatic rings. The smallest absolute Gasteiger partial charge is 0.256 e. The molecule has 8 heteroatoms. The minimum absolute atomic E-state index is 0.0460. The number of rotatable bonds is 7. The van der Waals surface area contributed by atoms with E-state index in [2.05, 4.69) is 20.9 Å². The van der Waals surface area contributed by atoms with Crippen molar-refractivity contribution in [2.24, 2.45) is 0 Å². The Labute approximate surface area is 149 Å². The van der Waals surface area contributed by atoms with Gasteiger partial charge in [-0.25, -0.2) is 4.39 Å². The second-order valence-corrected chi connectivity index (χ2v) is 5.78. The lowest BCUT2D eigenvalue weighted by Gasteiger charge is -2.04. The number of benzene rings is 1. The Morgan fingerprint density at radius 1 is 1.23 bits per heavy atom. The third kappa shape index (κ3) is 3.98. The van der Waals surface area contributed by atoms with Gasteiger partial charge in [0, 0.05) is 42.8 Å². The molecule has 3 rings (SSSR count). The molecule has 1 aromatic carbocycles. The van der Waals surface area contributed by atoms with E-state index in [0.717, 1.165) is 0 Å². The number of anilines is 1. The number of hydrogen-bond acceptors (Lipinski definition) is 4. The predicted molar refractivity (Wildman–Crippen MR) is 96.0 cm³/mol. The minimum atomic E-state index is -0.424. The summed E-state index contributed by atoms with van der Waals surface area (Å²) >= 11 is 0. The van der Waals surface area contributed by atoms with Crippen LogP contribution in [-0.2, 0) is 4.79 Å². The molecule has 1 aliphatic rings. The monoisotopic (exact) mass is 358 g/mol. The fourth-order valence-electron chi connectivity index (χ4n) is 2.66. The van der Waals surface area contributed by atoms with E-state index in [0.29, 0.717) is 47.7 Å². The van der Waals surface area contributed by atoms with Crippen molar-refractivity contribution in [1.82, 2.24) is 15.6 Å². The normalized spacial score (nSPS) is 14.4. The summed E-state index contributed by atoms with van der Waals surface area (Å²) in [6.07, 6.45) is 3.13. The molecule has 0 fully saturated rings. The summed E-state index contributed by atoms with van der Waals surface area (Å²) in [5.41, 5.74) is 2.38. The summed E-state index contributed by atoms with van der Waals surface area (Å²) in [4.78, 5) is 27.1. The first-order valence-corrected chi connectivity index (χ1v) is 8.19. The average molecular weight is 358 g/mol. The van der Waals surface area contributed by atoms with Crippen molar-refractivity contribution in [2.75, 3.05) is 31.6 Å². The van der Waals surface area contributed by atoms with E-state index in [1.54, 1.807) is 18.3 Å². The SMILES string of the molecule is O=C1Nc2ccc(F)cc2/C1=C/c1cc(C(=O)NCCNCCO)c[nH]1. The van der Waals surface area contributed by atoms with Gasteiger partial charge < -0.3 is 26.0 Å². The van der Waals surface area contributed by atoms with Crippen LogP contribution >= 0.6 is 0 Å². The summed E-state index contributed by atoms with van der Waals surface area (Å²) in [6.45, 7) is 1.50. The second kappa shape index (κ2) is 7.94. The molecule has 2 heterocycles. The van der Waals surface area contributed by atoms with Crippen LogP contribution in [0.15, 0.2) is 30.5 Å². The van der Waals surface area contributed by atoms with E-state index in [9.17, 15) is 14.0 Å². The highest BCUT2D eigenvalue weighted by molar-refractivity contribution is 6.34. The number of aromatic nitrogens is 1. The Bertz CT molecular complexity index is 860. The van der Waals surface area contributed by atoms with Gasteiger partial charge in [0.05, 0.1) is 17.7 Å². The van der Waals surface area contributed by atoms with Gasteiger partial charge >= 0.3 is 0 Å². The molecule has 0 radical (unpaired) electrons. The average Bonchev–Trinajstić information content (AvgIpc) is 3.20. The molecule has 5 N–H and O–H groups in total. The summed E-state index contributed by atoms with van der Waals surface area (Å²) in [7, 11) is 0. The molecule has 0 unspecified atom stereocenters. The number of fused-ring (bicyclic) bond motifs is 1. The van der Waals surface area contributed by atoms with Crippen LogP contribution in [-0.4, -0.2) is 48.1 Å². The second-order valence-electron chi connectivity index (χ2n) is 5.78. The van der Waals surface area contributed by atoms with Gasteiger partial charge in [-0.3, -0.25) is 9.59 Å². The van der Waals surface area contributed by atoms with E-state index in [-0.39, 0.29) is 18.4 Å². The fourth-order valence-corrected chi connectivity index (χ4v) is 2.66. The van der Waals surface area contributed by atoms with Crippen LogP contribution in [0.5, 0.6) is 0 Å². The van der Waals surface area contributed by atoms with Gasteiger partial charge in [-0.2, -0.15) is 0 Å². The molecule has 2 amide bonds. The number of carbonyl (C=O) groups is 2. The summed E-state index contributed by atoms with van der Waals surface area (Å²) in [5.74, 6) is -0.993. The predicted octanol–water partition coefficient (Wildman–Crippen LogP) is 0.958. The number of aliphatic hydroxyl groups excluding tert-OH is 1. The van der Waals surface area contributed by atoms with Gasteiger partial charge in [-0.1, -0.05) is 0 Å². The van der Waals surface area contributed by atoms with Crippen LogP contribution in [0.2, 0.25) is 0 Å². The summed E-state index contributed by atoms with van der Waals surface area (Å²) < 4.78 is 13.5. The fraction of sp³-hybridized carbons (Fsp3) is 0.222. The van der Waals surface area contributed by atoms with Gasteiger partial charge in [0.1, 0.15) is 5.82 Å². The number of aliphatic hydroxyl groups is 1. The number of halogens is 1. The van der Waals surface area contributed by atoms with Crippen molar-refractivity contribution in [1.29, 1.82) is 0 Å². The minimum Gasteiger partial charge on any atom is -0.395 e. The Morgan fingerprint density at radius 3 is 2.88 bits per heavy atom. The van der Waals surface area contributed by atoms with Crippen molar-refractivity contribution >= 4 is 29.2 Å². The standard InChI is InChI=1S/C18H19FN4O3/c19-12-1-2-16-14(8-12)15(18(26)23-16)9-13-7-11(10-22-13)17(25)21-4-3-20-5-6-24/h1-2,7-10,20,22,24H,3-6H2,(H,21,25)(H,23,26)/b15-9-. The Kier molecular flexibility index (Phi) is 5.45. The van der Waals surface area contributed by atoms with E-state index in [1.165, 1.54) is 18.2 Å². The zero-order chi connectivity index (χ0) is 18.5. The molecular weight excluding hydrogens is 339 g/mol. The number of amides is 2. The molecule has 0 aliphatic carbocycles. The third-order valence-electron chi connectivity index (χ3n) is 3.91. The first-order chi connectivity index (χ1) is 12.6. The number of hydrogen-bond donors (Lipinski definition) is 5. The van der Waals surface area contributed by atoms with Crippen molar-refractivity contribution in [2.45, 2.75) is 0 Å². The maximum absolute atomic E-state index is 13.5. The number of nitrogens with one attached hydrogen (secondary N) is 4. The molecule has 136 valence electrons. The van der Waals surface area contributed by atoms with Gasteiger partial charge in [0.25, 0.3) is 11.8 Å². The Balaban J connectivity index is 1.69. The van der Waals surface area contributed by atoms with Gasteiger partial charge in [0.2, 0.25) is 0 Å². The topological polar surface area (TPSA) is 106 Å². The molecule has 0 atom stereocenters. The molecule has 26 heavy (non-hydrogen) atoms. The lowest BCUT2D eigenvalue weighted by atomic mass is 10.1. The van der Waals surface area contributed by atoms with Gasteiger partial charge in [0.15, 0.2) is 0 Å². The highest BCUT2D eigenvalue weighted by Crippen LogP contribution is 2.33. The van der Waals surface area contributed by atoms with Gasteiger partial charge in [-0.15, -0.1) is 0 Å². The lowest BCUT2D eigenvalue weighted by Crippen LogP contribution is -2.32. The first-order valence-electron chi connectivity index (χ1n) is 8.19. The van der Waals surface area contributed by atoms with Crippen molar-refractivity contribution in [3.8, 4) is 0 Å². The van der Waals surface area contributed by atoms with Crippen LogP contribution in [0.4, 0.5) is 10.1 Å². The van der Waals surface area contributed by atoms with E-state index in [4.69, 9.17) is 5.11 Å². The maximum atomic E-state index is 13.5. The maximum Gasteiger partial charge on any atom is 0.256 e. The molecule has 1 aliphatic heterocycles. The van der Waals surface area contributed by atoms with Crippen LogP contribution in [0.25, 0.3) is 11.6 Å². The quantitative estimate of drug-likeness (QED) is 0.375. The number of carbonyl (C=O) groups excluding carboxylic acids is 2. The van der Waals surface area contributed by atoms with Crippen LogP contribution in [0, 0.1) is 5.82 Å². The summed E-state index contributed by atoms with van der Waals surface area (Å²) in [6, 6.07) is 5.72. The Morgan fingerprint density at radius 2 is 2.08 bits per heavy atom. The Hall–Kier alpha value is -2.97. The van der Waals surface area contributed by atoms with Crippen molar-refractivity contribution in [3.05, 3.63) is 53.1 Å². The third-order valence-corrected chi connectivity index (χ3v) is 3.91. The molecule has 0 saturated carbocycles. The summed E-state index contributed by atoms with van der Waals surface area (Å²) in [5, 5.41) is 17.0. The molecular formula is C18H19FN4O3. The highest BCUT2D eigenvalue weighted by Gasteiger charge is 2.24. The van der Waals surface area contributed by atoms with Crippen molar-refractivity contribution in [3.63, 3.8) is 0 Å². The van der Waals surface area contributed by atoms with E-state index >= 15 is 0 Å². The zero-order valence-electron chi connectivity index (χ0n) is 13.9. The van der Waals surface area contributed by atoms with E-state index in [1.807, 2.05) is 0 Å². The molecule has 1 aromatic heterocycles. The molecule has 0 saturated heterocycles. The van der Waals surface area contributed by atoms with Crippen LogP contribution in [0.1, 0.15) is 21.6 Å². The zero-order valence-corrected chi connectivity index (χ0v) is 13.9. The van der Waals surface area contributed by atoms with E-state index < -0.39 is 5.82 Å². The van der Waals surface area contributed by atoms with Crippen LogP contribution in [0.3, 0.4) is 0 Å². The number of H-pyrrole nitrogens is 1. The first kappa shape index (κ1) is 17.8. The number of aromatic amines is 1. The van der Waals surface area contributed by atoms with Crippen molar-refractivity contribution < 1.29 is 19.1 Å². The molecule has 7 nitrogen and oxygen atoms in total. The molecule has 0 spiro atoms. The van der Waals surface area contributed by atoms with Crippen LogP contribution < -0.4 is 16.0 Å². The lowest BCUT2D eigenvalue weighted by molar-refractivity contribution is -0.110. The largest absolute Gasteiger partial charge is 0.395 e. The highest BCUT2D eigenvalue weighted by atomic mass is 19.1.